The van der Waals surface area contributed by atoms with Crippen LogP contribution in [0.2, 0.25) is 0 Å². The maximum atomic E-state index is 8.01. The van der Waals surface area contributed by atoms with Gasteiger partial charge in [0.25, 0.3) is 0 Å². The summed E-state index contributed by atoms with van der Waals surface area (Å²) in [6.45, 7) is -0.741. The number of rotatable bonds is 1. The highest BCUT2D eigenvalue weighted by atomic mass is 15.1. The van der Waals surface area contributed by atoms with Crippen molar-refractivity contribution in [3.05, 3.63) is 64.4 Å². The molecule has 0 saturated heterocycles. The van der Waals surface area contributed by atoms with Crippen molar-refractivity contribution in [3.8, 4) is 16.9 Å². The molecule has 3 heteroatoms. The van der Waals surface area contributed by atoms with Crippen molar-refractivity contribution in [2.24, 2.45) is 7.05 Å². The van der Waals surface area contributed by atoms with Gasteiger partial charge in [-0.15, -0.1) is 0 Å². The van der Waals surface area contributed by atoms with Gasteiger partial charge in [-0.1, -0.05) is 6.07 Å². The first-order valence-corrected chi connectivity index (χ1v) is 7.60. The second-order valence-electron chi connectivity index (χ2n) is 6.20. The van der Waals surface area contributed by atoms with Gasteiger partial charge in [-0.25, -0.2) is 9.55 Å². The molecule has 0 bridgehead atoms. The van der Waals surface area contributed by atoms with Crippen LogP contribution in [0.25, 0.3) is 16.9 Å². The van der Waals surface area contributed by atoms with Gasteiger partial charge in [0.05, 0.1) is 11.3 Å². The van der Waals surface area contributed by atoms with Gasteiger partial charge in [0.1, 0.15) is 12.9 Å². The summed E-state index contributed by atoms with van der Waals surface area (Å²) >= 11 is 0. The summed E-state index contributed by atoms with van der Waals surface area (Å²) < 4.78 is 51.0. The number of aromatic nitrogens is 3. The molecule has 0 radical (unpaired) electrons. The van der Waals surface area contributed by atoms with E-state index in [2.05, 4.69) is 4.98 Å². The van der Waals surface area contributed by atoms with E-state index in [9.17, 15) is 0 Å². The van der Waals surface area contributed by atoms with Crippen molar-refractivity contribution < 1.29 is 12.8 Å². The van der Waals surface area contributed by atoms with Crippen LogP contribution in [-0.2, 0) is 13.5 Å². The van der Waals surface area contributed by atoms with Crippen LogP contribution >= 0.6 is 0 Å². The highest BCUT2D eigenvalue weighted by Gasteiger charge is 2.28. The van der Waals surface area contributed by atoms with E-state index in [-0.39, 0.29) is 0 Å². The number of pyridine rings is 1. The average molecular weight is 310 g/mol. The molecule has 116 valence electrons. The molecule has 2 aromatic heterocycles. The monoisotopic (exact) mass is 310 g/mol. The quantitative estimate of drug-likeness (QED) is 0.493. The molecule has 1 aliphatic heterocycles. The predicted molar refractivity (Wildman–Crippen MR) is 91.9 cm³/mol. The number of aryl methyl sites for hydroxylation is 5. The molecule has 0 N–H and O–H groups in total. The molecule has 0 saturated carbocycles. The van der Waals surface area contributed by atoms with E-state index in [0.29, 0.717) is 28.8 Å². The van der Waals surface area contributed by atoms with Gasteiger partial charge in [-0.05, 0) is 49.8 Å². The maximum absolute atomic E-state index is 8.01. The largest absolute Gasteiger partial charge is 0.303 e. The van der Waals surface area contributed by atoms with Crippen molar-refractivity contribution in [2.45, 2.75) is 34.0 Å². The minimum atomic E-state index is -2.25. The highest BCUT2D eigenvalue weighted by molar-refractivity contribution is 5.75. The molecule has 1 aliphatic rings. The molecule has 0 atom stereocenters. The van der Waals surface area contributed by atoms with Crippen molar-refractivity contribution in [1.82, 2.24) is 9.55 Å². The van der Waals surface area contributed by atoms with Crippen LogP contribution in [0.1, 0.15) is 41.9 Å². The Labute approximate surface area is 145 Å². The number of nitrogens with zero attached hydrogens (tertiary/aromatic N) is 3. The fourth-order valence-electron chi connectivity index (χ4n) is 3.50. The molecule has 0 aliphatic carbocycles. The van der Waals surface area contributed by atoms with E-state index in [1.807, 2.05) is 29.2 Å². The van der Waals surface area contributed by atoms with Gasteiger partial charge < -0.3 is 4.57 Å². The Morgan fingerprint density at radius 2 is 1.96 bits per heavy atom. The highest BCUT2D eigenvalue weighted by Crippen LogP contribution is 2.38. The van der Waals surface area contributed by atoms with E-state index in [4.69, 9.17) is 8.22 Å². The lowest BCUT2D eigenvalue weighted by atomic mass is 9.92. The fourth-order valence-corrected chi connectivity index (χ4v) is 3.50. The number of hydrogen-bond acceptors (Lipinski definition) is 1. The summed E-state index contributed by atoms with van der Waals surface area (Å²) in [4.78, 5) is 4.38. The second-order valence-corrected chi connectivity index (χ2v) is 6.20. The number of hydrogen-bond donors (Lipinski definition) is 0. The third-order valence-electron chi connectivity index (χ3n) is 4.63. The van der Waals surface area contributed by atoms with Gasteiger partial charge in [-0.2, -0.15) is 0 Å². The van der Waals surface area contributed by atoms with Crippen LogP contribution < -0.4 is 4.57 Å². The fraction of sp³-hybridized carbons (Fsp3) is 0.300. The Morgan fingerprint density at radius 1 is 1.13 bits per heavy atom. The van der Waals surface area contributed by atoms with Crippen LogP contribution in [0.5, 0.6) is 0 Å². The van der Waals surface area contributed by atoms with Crippen molar-refractivity contribution in [1.29, 1.82) is 0 Å². The normalized spacial score (nSPS) is 17.3. The topological polar surface area (TPSA) is 21.7 Å². The van der Waals surface area contributed by atoms with E-state index in [1.165, 1.54) is 0 Å². The number of imidazole rings is 1. The Kier molecular flexibility index (Phi) is 1.88. The molecule has 0 spiro atoms. The predicted octanol–water partition coefficient (Wildman–Crippen LogP) is 3.50. The Hall–Kier alpha value is -2.42. The third kappa shape index (κ3) is 1.96. The van der Waals surface area contributed by atoms with Crippen LogP contribution in [-0.4, -0.2) is 9.55 Å². The van der Waals surface area contributed by atoms with E-state index in [0.717, 1.165) is 28.2 Å². The third-order valence-corrected chi connectivity index (χ3v) is 4.63. The number of fused-ring (bicyclic) bond motifs is 3. The van der Waals surface area contributed by atoms with Gasteiger partial charge >= 0.3 is 0 Å². The summed E-state index contributed by atoms with van der Waals surface area (Å²) in [5, 5.41) is 0. The van der Waals surface area contributed by atoms with Gasteiger partial charge in [-0.3, -0.25) is 0 Å². The summed E-state index contributed by atoms with van der Waals surface area (Å²) in [6.07, 6.45) is 5.64. The van der Waals surface area contributed by atoms with Crippen LogP contribution in [0, 0.1) is 27.6 Å². The molecule has 4 rings (SSSR count). The lowest BCUT2D eigenvalue weighted by molar-refractivity contribution is -0.660. The summed E-state index contributed by atoms with van der Waals surface area (Å²) in [6, 6.07) is 3.60. The Balaban J connectivity index is 2.03. The molecule has 0 unspecified atom stereocenters. The van der Waals surface area contributed by atoms with E-state index >= 15 is 0 Å². The van der Waals surface area contributed by atoms with Crippen molar-refractivity contribution >= 4 is 0 Å². The second kappa shape index (κ2) is 4.79. The number of benzene rings is 1. The molecule has 1 aromatic carbocycles. The first kappa shape index (κ1) is 9.02. The molecular weight excluding hydrogens is 282 g/mol. The zero-order valence-corrected chi connectivity index (χ0v) is 13.4. The first-order valence-electron chi connectivity index (χ1n) is 10.6. The zero-order chi connectivity index (χ0) is 21.3. The summed E-state index contributed by atoms with van der Waals surface area (Å²) in [7, 11) is 1.82. The minimum absolute atomic E-state index is 0.309. The molecule has 3 nitrogen and oxygen atoms in total. The van der Waals surface area contributed by atoms with Crippen molar-refractivity contribution in [2.75, 3.05) is 0 Å². The molecule has 0 amide bonds. The van der Waals surface area contributed by atoms with Crippen molar-refractivity contribution in [3.63, 3.8) is 0 Å². The molecule has 23 heavy (non-hydrogen) atoms. The summed E-state index contributed by atoms with van der Waals surface area (Å²) in [5.41, 5.74) is 5.51. The van der Waals surface area contributed by atoms with Crippen LogP contribution in [0.4, 0.5) is 0 Å². The van der Waals surface area contributed by atoms with E-state index < -0.39 is 13.7 Å². The SMILES string of the molecule is [2H]C([2H])([2H])c1c[n+](C)c(-c2c(C)cc(C([2H])([2H])[2H])c3c2Cc2nccn2-3)cc1C. The molecule has 0 fully saturated rings. The summed E-state index contributed by atoms with van der Waals surface area (Å²) in [5.74, 6) is 0.802. The lowest BCUT2D eigenvalue weighted by Gasteiger charge is -2.14. The Bertz CT molecular complexity index is 1140. The zero-order valence-electron chi connectivity index (χ0n) is 19.4. The van der Waals surface area contributed by atoms with Gasteiger partial charge in [0, 0.05) is 38.7 Å². The van der Waals surface area contributed by atoms with E-state index in [1.54, 1.807) is 31.6 Å². The average Bonchev–Trinajstić information content (AvgIpc) is 3.15. The Morgan fingerprint density at radius 3 is 2.74 bits per heavy atom. The lowest BCUT2D eigenvalue weighted by Crippen LogP contribution is -2.32. The maximum Gasteiger partial charge on any atom is 0.213 e. The van der Waals surface area contributed by atoms with Crippen LogP contribution in [0.15, 0.2) is 30.7 Å². The molecule has 3 heterocycles. The smallest absolute Gasteiger partial charge is 0.213 e. The van der Waals surface area contributed by atoms with Gasteiger partial charge in [0.2, 0.25) is 5.69 Å². The minimum Gasteiger partial charge on any atom is -0.303 e. The molecular formula is C20H22N3+. The van der Waals surface area contributed by atoms with Crippen LogP contribution in [0.3, 0.4) is 0 Å². The molecule has 3 aromatic rings. The first-order chi connectivity index (χ1) is 13.4. The van der Waals surface area contributed by atoms with Gasteiger partial charge in [0.15, 0.2) is 6.20 Å². The standard InChI is InChI=1S/C20H22N3/c1-12-9-17(22(5)11-15(12)4)19-13(2)8-14(3)20-16(19)10-18-21-6-7-23(18)20/h6-9,11H,10H2,1-5H3/q+1/i3D3,4D3.